The maximum atomic E-state index is 12.4. The highest BCUT2D eigenvalue weighted by molar-refractivity contribution is 5.92. The molecule has 1 amide bonds. The minimum atomic E-state index is 0.0103. The summed E-state index contributed by atoms with van der Waals surface area (Å²) in [5, 5.41) is 3.04. The summed E-state index contributed by atoms with van der Waals surface area (Å²) < 4.78 is 10.6. The van der Waals surface area contributed by atoms with Crippen molar-refractivity contribution in [3.8, 4) is 11.5 Å². The van der Waals surface area contributed by atoms with E-state index in [2.05, 4.69) is 25.2 Å². The van der Waals surface area contributed by atoms with Crippen LogP contribution in [0.4, 0.5) is 5.69 Å². The van der Waals surface area contributed by atoms with Crippen molar-refractivity contribution < 1.29 is 19.2 Å². The zero-order chi connectivity index (χ0) is 19.1. The van der Waals surface area contributed by atoms with Crippen LogP contribution in [-0.4, -0.2) is 33.7 Å². The van der Waals surface area contributed by atoms with E-state index < -0.39 is 0 Å². The topological polar surface area (TPSA) is 52.0 Å². The molecule has 5 heteroatoms. The molecule has 5 nitrogen and oxygen atoms in total. The van der Waals surface area contributed by atoms with E-state index in [-0.39, 0.29) is 5.91 Å². The SMILES string of the molecule is COc1ccc(C[NH+](C)CC(=O)Nc2ccccc2C(C)C)cc1OC. The molecular weight excluding hydrogens is 328 g/mol. The molecule has 26 heavy (non-hydrogen) atoms. The van der Waals surface area contributed by atoms with Crippen LogP contribution in [0.1, 0.15) is 30.9 Å². The second kappa shape index (κ2) is 9.25. The summed E-state index contributed by atoms with van der Waals surface area (Å²) in [5.74, 6) is 1.78. The number of carbonyl (C=O) groups is 1. The van der Waals surface area contributed by atoms with E-state index in [9.17, 15) is 4.79 Å². The molecule has 0 heterocycles. The van der Waals surface area contributed by atoms with Gasteiger partial charge < -0.3 is 19.7 Å². The molecule has 2 rings (SSSR count). The lowest BCUT2D eigenvalue weighted by molar-refractivity contribution is -0.885. The van der Waals surface area contributed by atoms with E-state index in [1.54, 1.807) is 14.2 Å². The van der Waals surface area contributed by atoms with E-state index in [0.717, 1.165) is 28.3 Å². The minimum absolute atomic E-state index is 0.0103. The van der Waals surface area contributed by atoms with E-state index in [4.69, 9.17) is 9.47 Å². The molecule has 0 aliphatic rings. The summed E-state index contributed by atoms with van der Waals surface area (Å²) in [6.45, 7) is 5.36. The molecule has 2 aromatic rings. The quantitative estimate of drug-likeness (QED) is 0.763. The average Bonchev–Trinajstić information content (AvgIpc) is 2.61. The lowest BCUT2D eigenvalue weighted by Crippen LogP contribution is -3.08. The van der Waals surface area contributed by atoms with Gasteiger partial charge in [0.1, 0.15) is 6.54 Å². The number of benzene rings is 2. The van der Waals surface area contributed by atoms with Gasteiger partial charge in [-0.1, -0.05) is 32.0 Å². The van der Waals surface area contributed by atoms with Gasteiger partial charge in [0.05, 0.1) is 21.3 Å². The number of methoxy groups -OCH3 is 2. The van der Waals surface area contributed by atoms with Crippen molar-refractivity contribution in [1.29, 1.82) is 0 Å². The molecule has 0 saturated carbocycles. The number of quaternary nitrogens is 1. The van der Waals surface area contributed by atoms with Crippen LogP contribution in [0.2, 0.25) is 0 Å². The molecule has 0 aromatic heterocycles. The van der Waals surface area contributed by atoms with Gasteiger partial charge in [-0.05, 0) is 35.7 Å². The monoisotopic (exact) mass is 357 g/mol. The molecule has 2 N–H and O–H groups in total. The third kappa shape index (κ3) is 5.23. The molecule has 0 fully saturated rings. The summed E-state index contributed by atoms with van der Waals surface area (Å²) in [6.07, 6.45) is 0. The van der Waals surface area contributed by atoms with Crippen molar-refractivity contribution in [3.05, 3.63) is 53.6 Å². The summed E-state index contributed by atoms with van der Waals surface area (Å²) in [4.78, 5) is 13.5. The molecule has 0 bridgehead atoms. The molecular formula is C21H29N2O3+. The first-order chi connectivity index (χ1) is 12.4. The Kier molecular flexibility index (Phi) is 7.04. The first kappa shape index (κ1) is 19.8. The number of hydrogen-bond acceptors (Lipinski definition) is 3. The number of hydrogen-bond donors (Lipinski definition) is 2. The van der Waals surface area contributed by atoms with Crippen molar-refractivity contribution in [3.63, 3.8) is 0 Å². The summed E-state index contributed by atoms with van der Waals surface area (Å²) in [7, 11) is 5.25. The maximum absolute atomic E-state index is 12.4. The van der Waals surface area contributed by atoms with Crippen molar-refractivity contribution in [2.24, 2.45) is 0 Å². The number of rotatable bonds is 8. The Morgan fingerprint density at radius 1 is 1.08 bits per heavy atom. The van der Waals surface area contributed by atoms with Crippen LogP contribution in [0.3, 0.4) is 0 Å². The third-order valence-corrected chi connectivity index (χ3v) is 4.27. The van der Waals surface area contributed by atoms with Crippen LogP contribution < -0.4 is 19.7 Å². The molecule has 0 spiro atoms. The lowest BCUT2D eigenvalue weighted by Gasteiger charge is -2.17. The number of likely N-dealkylation sites (N-methyl/N-ethyl adjacent to an activating group) is 1. The van der Waals surface area contributed by atoms with Crippen LogP contribution in [-0.2, 0) is 11.3 Å². The fourth-order valence-electron chi connectivity index (χ4n) is 2.98. The van der Waals surface area contributed by atoms with Gasteiger partial charge in [-0.15, -0.1) is 0 Å². The van der Waals surface area contributed by atoms with E-state index in [0.29, 0.717) is 24.0 Å². The lowest BCUT2D eigenvalue weighted by atomic mass is 10.0. The smallest absolute Gasteiger partial charge is 0.279 e. The number of para-hydroxylation sites is 1. The molecule has 1 atom stereocenters. The van der Waals surface area contributed by atoms with Crippen LogP contribution >= 0.6 is 0 Å². The van der Waals surface area contributed by atoms with Crippen molar-refractivity contribution in [1.82, 2.24) is 0 Å². The summed E-state index contributed by atoms with van der Waals surface area (Å²) in [6, 6.07) is 13.8. The zero-order valence-corrected chi connectivity index (χ0v) is 16.3. The van der Waals surface area contributed by atoms with Gasteiger partial charge in [0.15, 0.2) is 18.0 Å². The highest BCUT2D eigenvalue weighted by Crippen LogP contribution is 2.27. The standard InChI is InChI=1S/C21H28N2O3/c1-15(2)17-8-6-7-9-18(17)22-21(24)14-23(3)13-16-10-11-19(25-4)20(12-16)26-5/h6-12,15H,13-14H2,1-5H3,(H,22,24)/p+1. The Bertz CT molecular complexity index is 744. The van der Waals surface area contributed by atoms with Crippen LogP contribution in [0.5, 0.6) is 11.5 Å². The highest BCUT2D eigenvalue weighted by atomic mass is 16.5. The van der Waals surface area contributed by atoms with Crippen molar-refractivity contribution >= 4 is 11.6 Å². The van der Waals surface area contributed by atoms with Gasteiger partial charge in [-0.3, -0.25) is 4.79 Å². The molecule has 2 aromatic carbocycles. The largest absolute Gasteiger partial charge is 0.493 e. The first-order valence-electron chi connectivity index (χ1n) is 8.85. The van der Waals surface area contributed by atoms with E-state index >= 15 is 0 Å². The molecule has 0 aliphatic carbocycles. The average molecular weight is 357 g/mol. The number of carbonyl (C=O) groups excluding carboxylic acids is 1. The molecule has 1 unspecified atom stereocenters. The van der Waals surface area contributed by atoms with Crippen molar-refractivity contribution in [2.45, 2.75) is 26.3 Å². The zero-order valence-electron chi connectivity index (χ0n) is 16.3. The predicted molar refractivity (Wildman–Crippen MR) is 104 cm³/mol. The predicted octanol–water partition coefficient (Wildman–Crippen LogP) is 2.48. The number of ether oxygens (including phenoxy) is 2. The van der Waals surface area contributed by atoms with Gasteiger partial charge >= 0.3 is 0 Å². The third-order valence-electron chi connectivity index (χ3n) is 4.27. The van der Waals surface area contributed by atoms with E-state index in [1.165, 1.54) is 0 Å². The minimum Gasteiger partial charge on any atom is -0.493 e. The van der Waals surface area contributed by atoms with Gasteiger partial charge in [-0.2, -0.15) is 0 Å². The molecule has 0 aliphatic heterocycles. The highest BCUT2D eigenvalue weighted by Gasteiger charge is 2.14. The number of anilines is 1. The fourth-order valence-corrected chi connectivity index (χ4v) is 2.98. The number of amides is 1. The summed E-state index contributed by atoms with van der Waals surface area (Å²) in [5.41, 5.74) is 3.14. The second-order valence-electron chi connectivity index (χ2n) is 6.79. The Hall–Kier alpha value is -2.53. The Morgan fingerprint density at radius 3 is 2.42 bits per heavy atom. The Labute approximate surface area is 155 Å². The maximum Gasteiger partial charge on any atom is 0.279 e. The molecule has 0 radical (unpaired) electrons. The van der Waals surface area contributed by atoms with Gasteiger partial charge in [0.25, 0.3) is 5.91 Å². The van der Waals surface area contributed by atoms with Crippen LogP contribution in [0.15, 0.2) is 42.5 Å². The second-order valence-corrected chi connectivity index (χ2v) is 6.79. The van der Waals surface area contributed by atoms with Crippen molar-refractivity contribution in [2.75, 3.05) is 33.1 Å². The normalized spacial score (nSPS) is 11.9. The Morgan fingerprint density at radius 2 is 1.77 bits per heavy atom. The van der Waals surface area contributed by atoms with Crippen LogP contribution in [0, 0.1) is 0 Å². The van der Waals surface area contributed by atoms with Gasteiger partial charge in [-0.25, -0.2) is 0 Å². The molecule has 140 valence electrons. The number of nitrogens with one attached hydrogen (secondary N) is 2. The Balaban J connectivity index is 1.97. The van der Waals surface area contributed by atoms with Gasteiger partial charge in [0, 0.05) is 11.3 Å². The van der Waals surface area contributed by atoms with Crippen LogP contribution in [0.25, 0.3) is 0 Å². The fraction of sp³-hybridized carbons (Fsp3) is 0.381. The summed E-state index contributed by atoms with van der Waals surface area (Å²) >= 11 is 0. The van der Waals surface area contributed by atoms with E-state index in [1.807, 2.05) is 43.4 Å². The molecule has 0 saturated heterocycles. The van der Waals surface area contributed by atoms with Gasteiger partial charge in [0.2, 0.25) is 0 Å². The first-order valence-corrected chi connectivity index (χ1v) is 8.85.